The highest BCUT2D eigenvalue weighted by Crippen LogP contribution is 2.64. The van der Waals surface area contributed by atoms with Crippen molar-refractivity contribution in [3.8, 4) is 0 Å². The lowest BCUT2D eigenvalue weighted by molar-refractivity contribution is 0.0518. The summed E-state index contributed by atoms with van der Waals surface area (Å²) in [6.45, 7) is 2.25. The van der Waals surface area contributed by atoms with Crippen LogP contribution in [-0.4, -0.2) is 22.8 Å². The quantitative estimate of drug-likeness (QED) is 0.829. The van der Waals surface area contributed by atoms with Gasteiger partial charge in [0.15, 0.2) is 0 Å². The Morgan fingerprint density at radius 1 is 1.50 bits per heavy atom. The number of nitrogens with zero attached hydrogens (tertiary/aromatic N) is 1. The van der Waals surface area contributed by atoms with Crippen LogP contribution in [0.3, 0.4) is 0 Å². The van der Waals surface area contributed by atoms with Crippen molar-refractivity contribution in [2.45, 2.75) is 38.5 Å². The van der Waals surface area contributed by atoms with Gasteiger partial charge in [0.1, 0.15) is 5.69 Å². The second kappa shape index (κ2) is 3.59. The molecule has 3 atom stereocenters. The molecule has 1 aromatic rings. The van der Waals surface area contributed by atoms with Gasteiger partial charge in [-0.15, -0.1) is 0 Å². The van der Waals surface area contributed by atoms with E-state index in [1.807, 2.05) is 6.92 Å². The molecule has 1 N–H and O–H groups in total. The number of nitrogens with one attached hydrogen (secondary N) is 1. The number of fused-ring (bicyclic) bond motifs is 3. The number of carbonyl (C=O) groups excluding carboxylic acids is 1. The topological polar surface area (TPSA) is 55.0 Å². The standard InChI is InChI=1S/C14H18N2O2/c1-2-18-14(17)13-10-6-9-8(5-7-3-4-7)11(9)12(10)15-16-13/h7-9,11H,2-6H2,1H3,(H,15,16)/t8-,9+,11-/m1/s1. The second-order valence-corrected chi connectivity index (χ2v) is 5.92. The van der Waals surface area contributed by atoms with Crippen LogP contribution in [-0.2, 0) is 11.2 Å². The van der Waals surface area contributed by atoms with Crippen molar-refractivity contribution in [3.63, 3.8) is 0 Å². The minimum absolute atomic E-state index is 0.244. The average Bonchev–Trinajstić information content (AvgIpc) is 3.19. The Bertz CT molecular complexity index is 504. The lowest BCUT2D eigenvalue weighted by Gasteiger charge is -2.04. The molecule has 2 saturated carbocycles. The molecule has 0 spiro atoms. The molecule has 0 unspecified atom stereocenters. The minimum atomic E-state index is -0.244. The van der Waals surface area contributed by atoms with Crippen molar-refractivity contribution in [3.05, 3.63) is 17.0 Å². The molecule has 3 aliphatic rings. The summed E-state index contributed by atoms with van der Waals surface area (Å²) in [5.74, 6) is 3.01. The maximum absolute atomic E-state index is 11.8. The van der Waals surface area contributed by atoms with Crippen molar-refractivity contribution in [1.29, 1.82) is 0 Å². The monoisotopic (exact) mass is 246 g/mol. The highest BCUT2D eigenvalue weighted by atomic mass is 16.5. The van der Waals surface area contributed by atoms with Gasteiger partial charge in [0.2, 0.25) is 0 Å². The van der Waals surface area contributed by atoms with Crippen LogP contribution in [0.5, 0.6) is 0 Å². The molecule has 0 radical (unpaired) electrons. The fourth-order valence-electron chi connectivity index (χ4n) is 3.66. The summed E-state index contributed by atoms with van der Waals surface area (Å²) in [5, 5.41) is 7.26. The fraction of sp³-hybridized carbons (Fsp3) is 0.714. The van der Waals surface area contributed by atoms with Gasteiger partial charge in [0.25, 0.3) is 0 Å². The Morgan fingerprint density at radius 3 is 3.06 bits per heavy atom. The van der Waals surface area contributed by atoms with Crippen molar-refractivity contribution >= 4 is 5.97 Å². The summed E-state index contributed by atoms with van der Waals surface area (Å²) in [5.41, 5.74) is 2.90. The Balaban J connectivity index is 1.53. The summed E-state index contributed by atoms with van der Waals surface area (Å²) in [6.07, 6.45) is 5.27. The van der Waals surface area contributed by atoms with E-state index in [0.717, 1.165) is 35.4 Å². The van der Waals surface area contributed by atoms with E-state index in [9.17, 15) is 4.79 Å². The van der Waals surface area contributed by atoms with Gasteiger partial charge in [-0.25, -0.2) is 4.79 Å². The number of H-pyrrole nitrogens is 1. The molecule has 3 aliphatic carbocycles. The molecule has 0 aromatic carbocycles. The number of ether oxygens (including phenoxy) is 1. The largest absolute Gasteiger partial charge is 0.461 e. The van der Waals surface area contributed by atoms with E-state index in [2.05, 4.69) is 10.2 Å². The van der Waals surface area contributed by atoms with Gasteiger partial charge in [0.05, 0.1) is 12.3 Å². The normalized spacial score (nSPS) is 31.9. The molecule has 1 aromatic heterocycles. The van der Waals surface area contributed by atoms with E-state index in [0.29, 0.717) is 18.2 Å². The molecule has 0 amide bonds. The first-order valence-corrected chi connectivity index (χ1v) is 7.03. The zero-order chi connectivity index (χ0) is 12.3. The zero-order valence-corrected chi connectivity index (χ0v) is 10.6. The number of rotatable bonds is 4. The Labute approximate surface area is 106 Å². The predicted octanol–water partition coefficient (Wildman–Crippen LogP) is 2.27. The predicted molar refractivity (Wildman–Crippen MR) is 65.3 cm³/mol. The fourth-order valence-corrected chi connectivity index (χ4v) is 3.66. The molecule has 0 saturated heterocycles. The first-order valence-electron chi connectivity index (χ1n) is 7.03. The van der Waals surface area contributed by atoms with Crippen LogP contribution in [0.15, 0.2) is 0 Å². The third-order valence-corrected chi connectivity index (χ3v) is 4.77. The maximum Gasteiger partial charge on any atom is 0.356 e. The van der Waals surface area contributed by atoms with E-state index in [4.69, 9.17) is 4.74 Å². The highest BCUT2D eigenvalue weighted by molar-refractivity contribution is 5.89. The summed E-state index contributed by atoms with van der Waals surface area (Å²) in [4.78, 5) is 11.8. The van der Waals surface area contributed by atoms with Gasteiger partial charge < -0.3 is 4.74 Å². The van der Waals surface area contributed by atoms with Crippen molar-refractivity contribution in [2.75, 3.05) is 6.61 Å². The van der Waals surface area contributed by atoms with Gasteiger partial charge in [-0.2, -0.15) is 5.10 Å². The van der Waals surface area contributed by atoms with E-state index >= 15 is 0 Å². The highest BCUT2D eigenvalue weighted by Gasteiger charge is 2.58. The summed E-state index contributed by atoms with van der Waals surface area (Å²) in [7, 11) is 0. The number of carbonyl (C=O) groups is 1. The number of hydrogen-bond donors (Lipinski definition) is 1. The van der Waals surface area contributed by atoms with E-state index in [-0.39, 0.29) is 5.97 Å². The van der Waals surface area contributed by atoms with Crippen molar-refractivity contribution in [1.82, 2.24) is 10.2 Å². The van der Waals surface area contributed by atoms with Gasteiger partial charge >= 0.3 is 5.97 Å². The zero-order valence-electron chi connectivity index (χ0n) is 10.6. The number of aromatic amines is 1. The van der Waals surface area contributed by atoms with Gasteiger partial charge in [-0.3, -0.25) is 5.10 Å². The van der Waals surface area contributed by atoms with Crippen LogP contribution in [0, 0.1) is 17.8 Å². The van der Waals surface area contributed by atoms with Gasteiger partial charge in [-0.05, 0) is 37.5 Å². The molecule has 2 fully saturated rings. The number of esters is 1. The smallest absolute Gasteiger partial charge is 0.356 e. The van der Waals surface area contributed by atoms with Crippen LogP contribution < -0.4 is 0 Å². The molecule has 0 aliphatic heterocycles. The van der Waals surface area contributed by atoms with Crippen LogP contribution in [0.25, 0.3) is 0 Å². The summed E-state index contributed by atoms with van der Waals surface area (Å²) in [6, 6.07) is 0. The second-order valence-electron chi connectivity index (χ2n) is 5.92. The lowest BCUT2D eigenvalue weighted by atomic mass is 10.0. The Morgan fingerprint density at radius 2 is 2.33 bits per heavy atom. The van der Waals surface area contributed by atoms with Crippen LogP contribution in [0.2, 0.25) is 0 Å². The Hall–Kier alpha value is -1.32. The van der Waals surface area contributed by atoms with Crippen LogP contribution >= 0.6 is 0 Å². The SMILES string of the molecule is CCOC(=O)c1[nH]nc2c1C[C@H]1[C@@H](CC3CC3)[C@@H]21. The first kappa shape index (κ1) is 10.6. The molecule has 96 valence electrons. The lowest BCUT2D eigenvalue weighted by Crippen LogP contribution is -2.08. The van der Waals surface area contributed by atoms with E-state index < -0.39 is 0 Å². The third-order valence-electron chi connectivity index (χ3n) is 4.77. The van der Waals surface area contributed by atoms with Crippen molar-refractivity contribution in [2.24, 2.45) is 17.8 Å². The van der Waals surface area contributed by atoms with Gasteiger partial charge in [-0.1, -0.05) is 12.8 Å². The maximum atomic E-state index is 11.8. The van der Waals surface area contributed by atoms with Gasteiger partial charge in [0, 0.05) is 11.5 Å². The molecule has 1 heterocycles. The number of aromatic nitrogens is 2. The summed E-state index contributed by atoms with van der Waals surface area (Å²) >= 11 is 0. The van der Waals surface area contributed by atoms with Crippen LogP contribution in [0.1, 0.15) is 53.8 Å². The third kappa shape index (κ3) is 1.44. The molecule has 18 heavy (non-hydrogen) atoms. The Kier molecular flexibility index (Phi) is 2.11. The number of hydrogen-bond acceptors (Lipinski definition) is 3. The molecule has 4 heteroatoms. The van der Waals surface area contributed by atoms with Crippen molar-refractivity contribution < 1.29 is 9.53 Å². The molecular formula is C14H18N2O2. The average molecular weight is 246 g/mol. The van der Waals surface area contributed by atoms with E-state index in [1.165, 1.54) is 19.3 Å². The summed E-state index contributed by atoms with van der Waals surface area (Å²) < 4.78 is 5.05. The van der Waals surface area contributed by atoms with E-state index in [1.54, 1.807) is 0 Å². The molecule has 4 rings (SSSR count). The molecule has 0 bridgehead atoms. The minimum Gasteiger partial charge on any atom is -0.461 e. The first-order chi connectivity index (χ1) is 8.79. The molecule has 4 nitrogen and oxygen atoms in total. The van der Waals surface area contributed by atoms with Crippen LogP contribution in [0.4, 0.5) is 0 Å². The molecular weight excluding hydrogens is 228 g/mol.